The predicted molar refractivity (Wildman–Crippen MR) is 71.8 cm³/mol. The van der Waals surface area contributed by atoms with E-state index in [2.05, 4.69) is 64.2 Å². The van der Waals surface area contributed by atoms with E-state index in [4.69, 9.17) is 0 Å². The summed E-state index contributed by atoms with van der Waals surface area (Å²) in [5, 5.41) is 3.52. The van der Waals surface area contributed by atoms with Gasteiger partial charge in [0.15, 0.2) is 0 Å². The van der Waals surface area contributed by atoms with Gasteiger partial charge in [0.2, 0.25) is 0 Å². The fourth-order valence-electron chi connectivity index (χ4n) is 1.92. The van der Waals surface area contributed by atoms with E-state index in [-0.39, 0.29) is 0 Å². The van der Waals surface area contributed by atoms with Crippen LogP contribution in [-0.4, -0.2) is 6.54 Å². The zero-order valence-corrected chi connectivity index (χ0v) is 11.1. The van der Waals surface area contributed by atoms with Crippen LogP contribution in [0.15, 0.2) is 29.8 Å². The largest absolute Gasteiger partial charge is 0.307 e. The molecule has 0 radical (unpaired) electrons. The summed E-state index contributed by atoms with van der Waals surface area (Å²) in [7, 11) is 0. The van der Waals surface area contributed by atoms with Gasteiger partial charge in [0, 0.05) is 0 Å². The van der Waals surface area contributed by atoms with Crippen molar-refractivity contribution >= 4 is 0 Å². The van der Waals surface area contributed by atoms with Crippen LogP contribution in [0.5, 0.6) is 0 Å². The van der Waals surface area contributed by atoms with Crippen LogP contribution in [0.4, 0.5) is 0 Å². The Morgan fingerprint density at radius 2 is 2.00 bits per heavy atom. The predicted octanol–water partition coefficient (Wildman–Crippen LogP) is 3.92. The van der Waals surface area contributed by atoms with E-state index in [1.807, 2.05) is 0 Å². The van der Waals surface area contributed by atoms with Crippen molar-refractivity contribution in [3.63, 3.8) is 0 Å². The van der Waals surface area contributed by atoms with Crippen LogP contribution in [-0.2, 0) is 0 Å². The summed E-state index contributed by atoms with van der Waals surface area (Å²) >= 11 is 0. The molecular weight excluding hydrogens is 194 g/mol. The van der Waals surface area contributed by atoms with Gasteiger partial charge in [0.05, 0.1) is 6.04 Å². The third-order valence-corrected chi connectivity index (χ3v) is 2.91. The first-order valence-electron chi connectivity index (χ1n) is 6.00. The summed E-state index contributed by atoms with van der Waals surface area (Å²) in [5.74, 6) is 0. The quantitative estimate of drug-likeness (QED) is 0.754. The average Bonchev–Trinajstić information content (AvgIpc) is 2.21. The smallest absolute Gasteiger partial charge is 0.0511 e. The van der Waals surface area contributed by atoms with Gasteiger partial charge in [-0.3, -0.25) is 0 Å². The minimum Gasteiger partial charge on any atom is -0.307 e. The Hall–Kier alpha value is -1.08. The zero-order chi connectivity index (χ0) is 12.1. The van der Waals surface area contributed by atoms with E-state index in [0.717, 1.165) is 6.54 Å². The molecule has 0 aliphatic rings. The second-order valence-electron chi connectivity index (χ2n) is 4.57. The maximum Gasteiger partial charge on any atom is 0.0511 e. The summed E-state index contributed by atoms with van der Waals surface area (Å²) < 4.78 is 0. The van der Waals surface area contributed by atoms with Crippen molar-refractivity contribution < 1.29 is 0 Å². The molecule has 1 rings (SSSR count). The lowest BCUT2D eigenvalue weighted by molar-refractivity contribution is 0.641. The molecule has 1 atom stereocenters. The Labute approximate surface area is 99.6 Å². The van der Waals surface area contributed by atoms with Gasteiger partial charge in [-0.25, -0.2) is 0 Å². The SMILES string of the molecule is CCNC(C=C(C)C)c1cccc(C)c1C. The first kappa shape index (κ1) is 13.0. The van der Waals surface area contributed by atoms with Crippen molar-refractivity contribution in [3.05, 3.63) is 46.5 Å². The first-order chi connectivity index (χ1) is 7.56. The van der Waals surface area contributed by atoms with Gasteiger partial charge < -0.3 is 5.32 Å². The number of nitrogens with one attached hydrogen (secondary N) is 1. The van der Waals surface area contributed by atoms with Gasteiger partial charge in [-0.1, -0.05) is 36.8 Å². The third-order valence-electron chi connectivity index (χ3n) is 2.91. The Morgan fingerprint density at radius 3 is 2.56 bits per heavy atom. The van der Waals surface area contributed by atoms with Gasteiger partial charge in [0.1, 0.15) is 0 Å². The molecule has 0 aliphatic heterocycles. The first-order valence-corrected chi connectivity index (χ1v) is 6.00. The summed E-state index contributed by atoms with van der Waals surface area (Å²) in [5.41, 5.74) is 5.50. The topological polar surface area (TPSA) is 12.0 Å². The van der Waals surface area contributed by atoms with Gasteiger partial charge in [-0.05, 0) is 50.9 Å². The fourth-order valence-corrected chi connectivity index (χ4v) is 1.92. The number of aryl methyl sites for hydroxylation is 1. The van der Waals surface area contributed by atoms with Crippen LogP contribution in [0.3, 0.4) is 0 Å². The molecule has 1 aromatic carbocycles. The third kappa shape index (κ3) is 3.21. The highest BCUT2D eigenvalue weighted by atomic mass is 14.9. The Bertz CT molecular complexity index is 373. The van der Waals surface area contributed by atoms with E-state index >= 15 is 0 Å². The molecule has 0 aromatic heterocycles. The molecule has 1 unspecified atom stereocenters. The maximum atomic E-state index is 3.52. The van der Waals surface area contributed by atoms with Crippen LogP contribution < -0.4 is 5.32 Å². The lowest BCUT2D eigenvalue weighted by Gasteiger charge is -2.18. The Balaban J connectivity index is 3.10. The highest BCUT2D eigenvalue weighted by molar-refractivity contribution is 5.37. The molecule has 16 heavy (non-hydrogen) atoms. The van der Waals surface area contributed by atoms with Crippen molar-refractivity contribution in [1.82, 2.24) is 5.32 Å². The molecule has 0 aliphatic carbocycles. The van der Waals surface area contributed by atoms with E-state index < -0.39 is 0 Å². The second kappa shape index (κ2) is 5.86. The van der Waals surface area contributed by atoms with Gasteiger partial charge in [-0.2, -0.15) is 0 Å². The summed E-state index contributed by atoms with van der Waals surface area (Å²) in [6, 6.07) is 6.87. The molecule has 0 spiro atoms. The van der Waals surface area contributed by atoms with Crippen LogP contribution in [0.2, 0.25) is 0 Å². The van der Waals surface area contributed by atoms with Gasteiger partial charge >= 0.3 is 0 Å². The van der Waals surface area contributed by atoms with Gasteiger partial charge in [0.25, 0.3) is 0 Å². The minimum absolute atomic E-state index is 0.342. The monoisotopic (exact) mass is 217 g/mol. The number of hydrogen-bond acceptors (Lipinski definition) is 1. The number of rotatable bonds is 4. The average molecular weight is 217 g/mol. The molecule has 1 heteroatoms. The molecule has 0 bridgehead atoms. The normalized spacial score (nSPS) is 12.3. The lowest BCUT2D eigenvalue weighted by Crippen LogP contribution is -2.20. The lowest BCUT2D eigenvalue weighted by atomic mass is 9.96. The number of likely N-dealkylation sites (N-methyl/N-ethyl adjacent to an activating group) is 1. The zero-order valence-electron chi connectivity index (χ0n) is 11.1. The maximum absolute atomic E-state index is 3.52. The second-order valence-corrected chi connectivity index (χ2v) is 4.57. The van der Waals surface area contributed by atoms with Crippen molar-refractivity contribution in [2.24, 2.45) is 0 Å². The summed E-state index contributed by atoms with van der Waals surface area (Å²) in [6.07, 6.45) is 2.30. The van der Waals surface area contributed by atoms with E-state index in [0.29, 0.717) is 6.04 Å². The minimum atomic E-state index is 0.342. The van der Waals surface area contributed by atoms with E-state index in [9.17, 15) is 0 Å². The fraction of sp³-hybridized carbons (Fsp3) is 0.467. The highest BCUT2D eigenvalue weighted by Gasteiger charge is 2.10. The Kier molecular flexibility index (Phi) is 4.75. The summed E-state index contributed by atoms with van der Waals surface area (Å²) in [4.78, 5) is 0. The van der Waals surface area contributed by atoms with Crippen molar-refractivity contribution in [3.8, 4) is 0 Å². The van der Waals surface area contributed by atoms with Crippen molar-refractivity contribution in [1.29, 1.82) is 0 Å². The highest BCUT2D eigenvalue weighted by Crippen LogP contribution is 2.22. The molecular formula is C15H23N. The van der Waals surface area contributed by atoms with E-state index in [1.54, 1.807) is 0 Å². The molecule has 0 amide bonds. The molecule has 0 fully saturated rings. The summed E-state index contributed by atoms with van der Waals surface area (Å²) in [6.45, 7) is 11.8. The molecule has 0 saturated heterocycles. The standard InChI is InChI=1S/C15H23N/c1-6-16-15(10-11(2)3)14-9-7-8-12(4)13(14)5/h7-10,15-16H,6H2,1-5H3. The van der Waals surface area contributed by atoms with Crippen molar-refractivity contribution in [2.75, 3.05) is 6.54 Å². The molecule has 0 heterocycles. The van der Waals surface area contributed by atoms with E-state index in [1.165, 1.54) is 22.3 Å². The number of hydrogen-bond donors (Lipinski definition) is 1. The number of allylic oxidation sites excluding steroid dienone is 1. The molecule has 1 aromatic rings. The van der Waals surface area contributed by atoms with Crippen LogP contribution in [0.25, 0.3) is 0 Å². The molecule has 1 N–H and O–H groups in total. The van der Waals surface area contributed by atoms with Crippen LogP contribution in [0.1, 0.15) is 43.5 Å². The number of benzene rings is 1. The molecule has 0 saturated carbocycles. The van der Waals surface area contributed by atoms with Crippen LogP contribution in [0, 0.1) is 13.8 Å². The molecule has 88 valence electrons. The van der Waals surface area contributed by atoms with Gasteiger partial charge in [-0.15, -0.1) is 0 Å². The molecule has 1 nitrogen and oxygen atoms in total. The Morgan fingerprint density at radius 1 is 1.31 bits per heavy atom. The van der Waals surface area contributed by atoms with Crippen LogP contribution >= 0.6 is 0 Å². The van der Waals surface area contributed by atoms with Crippen molar-refractivity contribution in [2.45, 2.75) is 40.7 Å².